The smallest absolute Gasteiger partial charge is 0.135 e. The predicted molar refractivity (Wildman–Crippen MR) is 70.3 cm³/mol. The van der Waals surface area contributed by atoms with E-state index in [2.05, 4.69) is 38.2 Å². The first-order valence-electron chi connectivity index (χ1n) is 6.38. The zero-order valence-corrected chi connectivity index (χ0v) is 10.8. The van der Waals surface area contributed by atoms with E-state index < -0.39 is 0 Å². The van der Waals surface area contributed by atoms with Gasteiger partial charge < -0.3 is 9.73 Å². The summed E-state index contributed by atoms with van der Waals surface area (Å²) in [7, 11) is 0. The Labute approximate surface area is 102 Å². The Bertz CT molecular complexity index is 564. The quantitative estimate of drug-likeness (QED) is 0.869. The number of nitrogens with one attached hydrogen (secondary N) is 1. The van der Waals surface area contributed by atoms with Gasteiger partial charge in [-0.2, -0.15) is 0 Å². The zero-order valence-electron chi connectivity index (χ0n) is 10.8. The molecule has 0 atom stereocenters. The number of aryl methyl sites for hydroxylation is 3. The lowest BCUT2D eigenvalue weighted by atomic mass is 10.0. The molecular formula is C15H19NO. The summed E-state index contributed by atoms with van der Waals surface area (Å²) in [6.07, 6.45) is 2.63. The highest BCUT2D eigenvalue weighted by atomic mass is 16.3. The summed E-state index contributed by atoms with van der Waals surface area (Å²) in [5.74, 6) is 1.10. The molecule has 1 aliphatic carbocycles. The van der Waals surface area contributed by atoms with Gasteiger partial charge in [0.15, 0.2) is 0 Å². The van der Waals surface area contributed by atoms with Gasteiger partial charge in [-0.25, -0.2) is 0 Å². The third kappa shape index (κ3) is 1.98. The summed E-state index contributed by atoms with van der Waals surface area (Å²) < 4.78 is 5.98. The van der Waals surface area contributed by atoms with Gasteiger partial charge >= 0.3 is 0 Å². The van der Waals surface area contributed by atoms with Crippen molar-refractivity contribution in [3.05, 3.63) is 34.6 Å². The van der Waals surface area contributed by atoms with E-state index in [0.29, 0.717) is 0 Å². The molecule has 0 radical (unpaired) electrons. The van der Waals surface area contributed by atoms with Crippen LogP contribution in [-0.2, 0) is 6.54 Å². The second-order valence-corrected chi connectivity index (χ2v) is 5.26. The van der Waals surface area contributed by atoms with Gasteiger partial charge in [0, 0.05) is 11.4 Å². The normalized spacial score (nSPS) is 15.7. The average Bonchev–Trinajstić information content (AvgIpc) is 3.01. The summed E-state index contributed by atoms with van der Waals surface area (Å²) in [4.78, 5) is 0. The first-order valence-corrected chi connectivity index (χ1v) is 6.38. The topological polar surface area (TPSA) is 25.2 Å². The number of hydrogen-bond acceptors (Lipinski definition) is 2. The van der Waals surface area contributed by atoms with Crippen LogP contribution in [-0.4, -0.2) is 6.04 Å². The minimum Gasteiger partial charge on any atom is -0.459 e. The van der Waals surface area contributed by atoms with Crippen molar-refractivity contribution in [2.24, 2.45) is 0 Å². The molecule has 1 aromatic carbocycles. The molecule has 0 saturated heterocycles. The molecule has 1 aromatic heterocycles. The maximum atomic E-state index is 5.98. The Morgan fingerprint density at radius 1 is 1.24 bits per heavy atom. The molecule has 0 spiro atoms. The maximum Gasteiger partial charge on any atom is 0.135 e. The summed E-state index contributed by atoms with van der Waals surface area (Å²) >= 11 is 0. The highest BCUT2D eigenvalue weighted by molar-refractivity contribution is 5.86. The minimum absolute atomic E-state index is 0.727. The van der Waals surface area contributed by atoms with Gasteiger partial charge in [0.1, 0.15) is 11.3 Å². The molecule has 1 aliphatic rings. The molecule has 0 bridgehead atoms. The van der Waals surface area contributed by atoms with E-state index in [0.717, 1.165) is 23.9 Å². The van der Waals surface area contributed by atoms with Crippen LogP contribution in [0, 0.1) is 20.8 Å². The molecule has 90 valence electrons. The molecule has 2 aromatic rings. The van der Waals surface area contributed by atoms with Gasteiger partial charge in [-0.05, 0) is 56.4 Å². The fourth-order valence-electron chi connectivity index (χ4n) is 2.53. The van der Waals surface area contributed by atoms with Crippen molar-refractivity contribution in [1.29, 1.82) is 0 Å². The monoisotopic (exact) mass is 229 g/mol. The largest absolute Gasteiger partial charge is 0.459 e. The third-order valence-corrected chi connectivity index (χ3v) is 3.60. The van der Waals surface area contributed by atoms with E-state index in [-0.39, 0.29) is 0 Å². The van der Waals surface area contributed by atoms with Gasteiger partial charge in [-0.1, -0.05) is 6.07 Å². The molecule has 0 amide bonds. The molecule has 2 nitrogen and oxygen atoms in total. The Hall–Kier alpha value is -1.28. The SMILES string of the molecule is Cc1cc(C)c2c(C)c(CNC3CC3)oc2c1. The zero-order chi connectivity index (χ0) is 12.0. The molecule has 17 heavy (non-hydrogen) atoms. The first kappa shape index (κ1) is 10.8. The van der Waals surface area contributed by atoms with Crippen molar-refractivity contribution < 1.29 is 4.42 Å². The number of rotatable bonds is 3. The van der Waals surface area contributed by atoms with Crippen LogP contribution in [0.15, 0.2) is 16.5 Å². The molecule has 1 N–H and O–H groups in total. The van der Waals surface area contributed by atoms with Gasteiger partial charge in [0.2, 0.25) is 0 Å². The van der Waals surface area contributed by atoms with Crippen molar-refractivity contribution in [3.8, 4) is 0 Å². The van der Waals surface area contributed by atoms with Gasteiger partial charge in [-0.3, -0.25) is 0 Å². The molecule has 0 aliphatic heterocycles. The molecular weight excluding hydrogens is 210 g/mol. The molecule has 1 fully saturated rings. The molecule has 1 saturated carbocycles. The van der Waals surface area contributed by atoms with Crippen LogP contribution >= 0.6 is 0 Å². The summed E-state index contributed by atoms with van der Waals surface area (Å²) in [6.45, 7) is 7.31. The fourth-order valence-corrected chi connectivity index (χ4v) is 2.53. The van der Waals surface area contributed by atoms with Gasteiger partial charge in [0.05, 0.1) is 6.54 Å². The molecule has 2 heteroatoms. The predicted octanol–water partition coefficient (Wildman–Crippen LogP) is 3.61. The summed E-state index contributed by atoms with van der Waals surface area (Å²) in [6, 6.07) is 5.09. The van der Waals surface area contributed by atoms with E-state index in [1.807, 2.05) is 0 Å². The van der Waals surface area contributed by atoms with Crippen LogP contribution in [0.3, 0.4) is 0 Å². The molecule has 3 rings (SSSR count). The van der Waals surface area contributed by atoms with Gasteiger partial charge in [0.25, 0.3) is 0 Å². The lowest BCUT2D eigenvalue weighted by Crippen LogP contribution is -2.15. The Balaban J connectivity index is 2.01. The second-order valence-electron chi connectivity index (χ2n) is 5.26. The average molecular weight is 229 g/mol. The second kappa shape index (κ2) is 3.88. The van der Waals surface area contributed by atoms with E-state index in [4.69, 9.17) is 4.42 Å². The first-order chi connectivity index (χ1) is 8.15. The van der Waals surface area contributed by atoms with E-state index in [9.17, 15) is 0 Å². The number of benzene rings is 1. The summed E-state index contributed by atoms with van der Waals surface area (Å²) in [5, 5.41) is 4.81. The third-order valence-electron chi connectivity index (χ3n) is 3.60. The van der Waals surface area contributed by atoms with Crippen molar-refractivity contribution in [2.75, 3.05) is 0 Å². The van der Waals surface area contributed by atoms with Crippen molar-refractivity contribution >= 4 is 11.0 Å². The van der Waals surface area contributed by atoms with Crippen molar-refractivity contribution in [1.82, 2.24) is 5.32 Å². The Morgan fingerprint density at radius 2 is 2.00 bits per heavy atom. The molecule has 1 heterocycles. The number of hydrogen-bond donors (Lipinski definition) is 1. The Kier molecular flexibility index (Phi) is 2.48. The number of furan rings is 1. The van der Waals surface area contributed by atoms with Crippen LogP contribution in [0.25, 0.3) is 11.0 Å². The maximum absolute atomic E-state index is 5.98. The van der Waals surface area contributed by atoms with Crippen molar-refractivity contribution in [3.63, 3.8) is 0 Å². The highest BCUT2D eigenvalue weighted by Gasteiger charge is 2.21. The fraction of sp³-hybridized carbons (Fsp3) is 0.467. The lowest BCUT2D eigenvalue weighted by Gasteiger charge is -2.00. The standard InChI is InChI=1S/C15H19NO/c1-9-6-10(2)15-11(3)14(17-13(15)7-9)8-16-12-4-5-12/h6-7,12,16H,4-5,8H2,1-3H3. The van der Waals surface area contributed by atoms with E-state index in [1.54, 1.807) is 0 Å². The minimum atomic E-state index is 0.727. The number of fused-ring (bicyclic) bond motifs is 1. The van der Waals surface area contributed by atoms with Crippen LogP contribution in [0.1, 0.15) is 35.3 Å². The lowest BCUT2D eigenvalue weighted by molar-refractivity contribution is 0.509. The Morgan fingerprint density at radius 3 is 2.71 bits per heavy atom. The van der Waals surface area contributed by atoms with E-state index >= 15 is 0 Å². The van der Waals surface area contributed by atoms with Crippen LogP contribution in [0.2, 0.25) is 0 Å². The van der Waals surface area contributed by atoms with Crippen LogP contribution in [0.5, 0.6) is 0 Å². The van der Waals surface area contributed by atoms with Crippen LogP contribution in [0.4, 0.5) is 0 Å². The highest BCUT2D eigenvalue weighted by Crippen LogP contribution is 2.30. The molecule has 0 unspecified atom stereocenters. The van der Waals surface area contributed by atoms with Gasteiger partial charge in [-0.15, -0.1) is 0 Å². The van der Waals surface area contributed by atoms with Crippen LogP contribution < -0.4 is 5.32 Å². The van der Waals surface area contributed by atoms with Crippen molar-refractivity contribution in [2.45, 2.75) is 46.2 Å². The van der Waals surface area contributed by atoms with E-state index in [1.165, 1.54) is 34.9 Å². The summed E-state index contributed by atoms with van der Waals surface area (Å²) in [5.41, 5.74) is 4.92.